The van der Waals surface area contributed by atoms with Crippen molar-refractivity contribution in [3.8, 4) is 0 Å². The Hall–Kier alpha value is -1.55. The fourth-order valence-corrected chi connectivity index (χ4v) is 2.05. The summed E-state index contributed by atoms with van der Waals surface area (Å²) in [5, 5.41) is 3.14. The lowest BCUT2D eigenvalue weighted by Gasteiger charge is -2.30. The molecule has 4 heteroatoms. The molecule has 0 aromatic heterocycles. The molecule has 1 heterocycles. The standard InChI is InChI=1S/C13H19N3O/c1-15(2)8-5-9-16-12-7-4-3-6-11(12)14-10-13(16)17/h3-4,6-7,14H,5,8-10H2,1-2H3. The first-order valence-corrected chi connectivity index (χ1v) is 5.96. The highest BCUT2D eigenvalue weighted by Crippen LogP contribution is 2.28. The number of rotatable bonds is 4. The first kappa shape index (κ1) is 11.9. The Morgan fingerprint density at radius 3 is 2.88 bits per heavy atom. The van der Waals surface area contributed by atoms with Gasteiger partial charge >= 0.3 is 0 Å². The summed E-state index contributed by atoms with van der Waals surface area (Å²) in [6.45, 7) is 2.19. The molecule has 1 aliphatic heterocycles. The summed E-state index contributed by atoms with van der Waals surface area (Å²) in [7, 11) is 4.10. The number of anilines is 2. The van der Waals surface area contributed by atoms with Gasteiger partial charge in [-0.1, -0.05) is 12.1 Å². The van der Waals surface area contributed by atoms with Gasteiger partial charge in [-0.25, -0.2) is 0 Å². The summed E-state index contributed by atoms with van der Waals surface area (Å²) in [6, 6.07) is 7.97. The molecular weight excluding hydrogens is 214 g/mol. The van der Waals surface area contributed by atoms with E-state index in [0.717, 1.165) is 30.9 Å². The molecule has 0 unspecified atom stereocenters. The predicted molar refractivity (Wildman–Crippen MR) is 70.5 cm³/mol. The lowest BCUT2D eigenvalue weighted by molar-refractivity contribution is -0.117. The van der Waals surface area contributed by atoms with Gasteiger partial charge < -0.3 is 15.1 Å². The van der Waals surface area contributed by atoms with Gasteiger partial charge in [-0.15, -0.1) is 0 Å². The van der Waals surface area contributed by atoms with Gasteiger partial charge in [-0.2, -0.15) is 0 Å². The van der Waals surface area contributed by atoms with E-state index in [2.05, 4.69) is 10.2 Å². The maximum absolute atomic E-state index is 11.9. The van der Waals surface area contributed by atoms with E-state index in [1.807, 2.05) is 43.3 Å². The number of para-hydroxylation sites is 2. The summed E-state index contributed by atoms with van der Waals surface area (Å²) in [4.78, 5) is 15.9. The number of hydrogen-bond donors (Lipinski definition) is 1. The van der Waals surface area contributed by atoms with Crippen molar-refractivity contribution in [2.75, 3.05) is 43.9 Å². The summed E-state index contributed by atoms with van der Waals surface area (Å²) in [5.41, 5.74) is 2.06. The van der Waals surface area contributed by atoms with Crippen molar-refractivity contribution in [2.45, 2.75) is 6.42 Å². The number of amides is 1. The van der Waals surface area contributed by atoms with Gasteiger partial charge in [0.15, 0.2) is 0 Å². The second-order valence-electron chi connectivity index (χ2n) is 4.57. The third-order valence-corrected chi connectivity index (χ3v) is 2.91. The van der Waals surface area contributed by atoms with Crippen LogP contribution in [0.1, 0.15) is 6.42 Å². The Labute approximate surface area is 102 Å². The molecule has 17 heavy (non-hydrogen) atoms. The average Bonchev–Trinajstić information content (AvgIpc) is 2.32. The molecule has 0 atom stereocenters. The number of carbonyl (C=O) groups is 1. The average molecular weight is 233 g/mol. The van der Waals surface area contributed by atoms with Gasteiger partial charge in [0, 0.05) is 6.54 Å². The van der Waals surface area contributed by atoms with Crippen LogP contribution >= 0.6 is 0 Å². The molecule has 0 spiro atoms. The van der Waals surface area contributed by atoms with Crippen molar-refractivity contribution < 1.29 is 4.79 Å². The van der Waals surface area contributed by atoms with Crippen molar-refractivity contribution in [3.63, 3.8) is 0 Å². The van der Waals surface area contributed by atoms with Crippen LogP contribution < -0.4 is 10.2 Å². The second-order valence-corrected chi connectivity index (χ2v) is 4.57. The van der Waals surface area contributed by atoms with Crippen LogP contribution in [0.15, 0.2) is 24.3 Å². The van der Waals surface area contributed by atoms with E-state index in [0.29, 0.717) is 6.54 Å². The fraction of sp³-hybridized carbons (Fsp3) is 0.462. The molecular formula is C13H19N3O. The number of hydrogen-bond acceptors (Lipinski definition) is 3. The van der Waals surface area contributed by atoms with Crippen molar-refractivity contribution in [1.29, 1.82) is 0 Å². The first-order valence-electron chi connectivity index (χ1n) is 5.96. The third kappa shape index (κ3) is 2.77. The summed E-state index contributed by atoms with van der Waals surface area (Å²) in [5.74, 6) is 0.155. The molecule has 0 aliphatic carbocycles. The molecule has 0 bridgehead atoms. The molecule has 0 saturated heterocycles. The number of benzene rings is 1. The Morgan fingerprint density at radius 1 is 1.35 bits per heavy atom. The minimum Gasteiger partial charge on any atom is -0.374 e. The minimum absolute atomic E-state index is 0.155. The number of nitrogens with one attached hydrogen (secondary N) is 1. The Kier molecular flexibility index (Phi) is 3.64. The molecule has 4 nitrogen and oxygen atoms in total. The van der Waals surface area contributed by atoms with Crippen LogP contribution in [-0.4, -0.2) is 44.5 Å². The van der Waals surface area contributed by atoms with E-state index in [4.69, 9.17) is 0 Å². The topological polar surface area (TPSA) is 35.6 Å². The van der Waals surface area contributed by atoms with Gasteiger partial charge in [0.05, 0.1) is 17.9 Å². The monoisotopic (exact) mass is 233 g/mol. The molecule has 0 fully saturated rings. The largest absolute Gasteiger partial charge is 0.374 e. The lowest BCUT2D eigenvalue weighted by atomic mass is 10.2. The summed E-state index contributed by atoms with van der Waals surface area (Å²) < 4.78 is 0. The van der Waals surface area contributed by atoms with E-state index in [9.17, 15) is 4.79 Å². The van der Waals surface area contributed by atoms with E-state index in [-0.39, 0.29) is 5.91 Å². The molecule has 1 aromatic carbocycles. The normalized spacial score (nSPS) is 14.8. The Bertz CT molecular complexity index is 403. The van der Waals surface area contributed by atoms with Crippen LogP contribution in [0.3, 0.4) is 0 Å². The first-order chi connectivity index (χ1) is 8.18. The van der Waals surface area contributed by atoms with Crippen LogP contribution in [0, 0.1) is 0 Å². The number of carbonyl (C=O) groups excluding carboxylic acids is 1. The van der Waals surface area contributed by atoms with Crippen LogP contribution in [-0.2, 0) is 4.79 Å². The highest BCUT2D eigenvalue weighted by atomic mass is 16.2. The van der Waals surface area contributed by atoms with Crippen molar-refractivity contribution in [1.82, 2.24) is 4.90 Å². The van der Waals surface area contributed by atoms with Gasteiger partial charge in [0.25, 0.3) is 0 Å². The summed E-state index contributed by atoms with van der Waals surface area (Å²) >= 11 is 0. The zero-order chi connectivity index (χ0) is 12.3. The predicted octanol–water partition coefficient (Wildman–Crippen LogP) is 1.40. The van der Waals surface area contributed by atoms with Gasteiger partial charge in [0.2, 0.25) is 5.91 Å². The van der Waals surface area contributed by atoms with E-state index < -0.39 is 0 Å². The quantitative estimate of drug-likeness (QED) is 0.853. The summed E-state index contributed by atoms with van der Waals surface area (Å²) in [6.07, 6.45) is 0.993. The molecule has 1 aliphatic rings. The molecule has 1 N–H and O–H groups in total. The van der Waals surface area contributed by atoms with Crippen LogP contribution in [0.5, 0.6) is 0 Å². The minimum atomic E-state index is 0.155. The van der Waals surface area contributed by atoms with Gasteiger partial charge in [-0.05, 0) is 39.2 Å². The lowest BCUT2D eigenvalue weighted by Crippen LogP contribution is -2.41. The number of nitrogens with zero attached hydrogens (tertiary/aromatic N) is 2. The Morgan fingerprint density at radius 2 is 2.12 bits per heavy atom. The fourth-order valence-electron chi connectivity index (χ4n) is 2.05. The van der Waals surface area contributed by atoms with E-state index in [1.165, 1.54) is 0 Å². The van der Waals surface area contributed by atoms with Gasteiger partial charge in [0.1, 0.15) is 0 Å². The zero-order valence-electron chi connectivity index (χ0n) is 10.4. The molecule has 1 amide bonds. The third-order valence-electron chi connectivity index (χ3n) is 2.91. The highest BCUT2D eigenvalue weighted by Gasteiger charge is 2.22. The Balaban J connectivity index is 2.07. The molecule has 2 rings (SSSR count). The van der Waals surface area contributed by atoms with Crippen molar-refractivity contribution in [2.24, 2.45) is 0 Å². The molecule has 0 radical (unpaired) electrons. The maximum Gasteiger partial charge on any atom is 0.246 e. The van der Waals surface area contributed by atoms with Crippen LogP contribution in [0.2, 0.25) is 0 Å². The van der Waals surface area contributed by atoms with E-state index in [1.54, 1.807) is 0 Å². The molecule has 92 valence electrons. The highest BCUT2D eigenvalue weighted by molar-refractivity contribution is 6.02. The van der Waals surface area contributed by atoms with Crippen molar-refractivity contribution in [3.05, 3.63) is 24.3 Å². The smallest absolute Gasteiger partial charge is 0.246 e. The number of fused-ring (bicyclic) bond motifs is 1. The van der Waals surface area contributed by atoms with Crippen LogP contribution in [0.25, 0.3) is 0 Å². The second kappa shape index (κ2) is 5.19. The zero-order valence-corrected chi connectivity index (χ0v) is 10.4. The van der Waals surface area contributed by atoms with E-state index >= 15 is 0 Å². The van der Waals surface area contributed by atoms with Gasteiger partial charge in [-0.3, -0.25) is 4.79 Å². The van der Waals surface area contributed by atoms with Crippen molar-refractivity contribution >= 4 is 17.3 Å². The molecule has 1 aromatic rings. The molecule has 0 saturated carbocycles. The maximum atomic E-state index is 11.9. The SMILES string of the molecule is CN(C)CCCN1C(=O)CNc2ccccc21. The van der Waals surface area contributed by atoms with Crippen LogP contribution in [0.4, 0.5) is 11.4 Å².